The van der Waals surface area contributed by atoms with Crippen LogP contribution in [0, 0.1) is 11.3 Å². The van der Waals surface area contributed by atoms with E-state index in [1.54, 1.807) is 4.68 Å². The van der Waals surface area contributed by atoms with Gasteiger partial charge in [-0.2, -0.15) is 5.10 Å². The van der Waals surface area contributed by atoms with E-state index in [0.29, 0.717) is 5.92 Å². The molecule has 0 amide bonds. The summed E-state index contributed by atoms with van der Waals surface area (Å²) in [6.45, 7) is 0.117. The average Bonchev–Trinajstić information content (AvgIpc) is 2.98. The molecule has 1 aliphatic carbocycles. The molecule has 0 unspecified atom stereocenters. The van der Waals surface area contributed by atoms with Crippen LogP contribution in [0.4, 0.5) is 0 Å². The Balaban J connectivity index is 2.15. The van der Waals surface area contributed by atoms with Gasteiger partial charge in [-0.05, 0) is 30.7 Å². The molecule has 1 aliphatic rings. The first-order valence-corrected chi connectivity index (χ1v) is 6.39. The van der Waals surface area contributed by atoms with E-state index in [-0.39, 0.29) is 18.6 Å². The third-order valence-electron chi connectivity index (χ3n) is 4.17. The predicted octanol–water partition coefficient (Wildman–Crippen LogP) is 1.12. The minimum Gasteiger partial charge on any atom is -0.396 e. The van der Waals surface area contributed by atoms with E-state index in [0.717, 1.165) is 24.8 Å². The number of nitrogens with zero attached hydrogens (tertiary/aromatic N) is 2. The van der Waals surface area contributed by atoms with Crippen molar-refractivity contribution < 1.29 is 10.2 Å². The van der Waals surface area contributed by atoms with Gasteiger partial charge in [0.15, 0.2) is 0 Å². The van der Waals surface area contributed by atoms with Crippen molar-refractivity contribution in [3.05, 3.63) is 18.0 Å². The normalized spacial score (nSPS) is 17.8. The third kappa shape index (κ3) is 2.53. The van der Waals surface area contributed by atoms with Crippen LogP contribution in [0.15, 0.2) is 12.4 Å². The Labute approximate surface area is 102 Å². The lowest BCUT2D eigenvalue weighted by atomic mass is 9.72. The van der Waals surface area contributed by atoms with Gasteiger partial charge in [0.25, 0.3) is 0 Å². The summed E-state index contributed by atoms with van der Waals surface area (Å²) in [5.41, 5.74) is 0.738. The lowest BCUT2D eigenvalue weighted by molar-refractivity contribution is 0.00569. The Morgan fingerprint density at radius 1 is 1.35 bits per heavy atom. The third-order valence-corrected chi connectivity index (χ3v) is 4.17. The van der Waals surface area contributed by atoms with Crippen LogP contribution < -0.4 is 0 Å². The van der Waals surface area contributed by atoms with Crippen LogP contribution in [-0.2, 0) is 13.5 Å². The highest BCUT2D eigenvalue weighted by atomic mass is 16.3. The van der Waals surface area contributed by atoms with Crippen molar-refractivity contribution in [2.45, 2.75) is 32.1 Å². The average molecular weight is 238 g/mol. The van der Waals surface area contributed by atoms with Crippen LogP contribution in [0.3, 0.4) is 0 Å². The van der Waals surface area contributed by atoms with Gasteiger partial charge in [-0.15, -0.1) is 0 Å². The quantitative estimate of drug-likeness (QED) is 0.808. The van der Waals surface area contributed by atoms with E-state index in [9.17, 15) is 10.2 Å². The molecule has 0 aliphatic heterocycles. The molecule has 17 heavy (non-hydrogen) atoms. The lowest BCUT2D eigenvalue weighted by Gasteiger charge is -2.35. The van der Waals surface area contributed by atoms with Crippen molar-refractivity contribution in [1.29, 1.82) is 0 Å². The molecule has 4 heteroatoms. The Morgan fingerprint density at radius 3 is 2.47 bits per heavy atom. The van der Waals surface area contributed by atoms with Crippen molar-refractivity contribution in [3.63, 3.8) is 0 Å². The first kappa shape index (κ1) is 12.6. The van der Waals surface area contributed by atoms with Crippen molar-refractivity contribution in [3.8, 4) is 0 Å². The number of aliphatic hydroxyl groups is 2. The number of aryl methyl sites for hydroxylation is 1. The lowest BCUT2D eigenvalue weighted by Crippen LogP contribution is -2.39. The van der Waals surface area contributed by atoms with E-state index in [1.165, 1.54) is 12.8 Å². The first-order chi connectivity index (χ1) is 8.20. The Hall–Kier alpha value is -0.870. The highest BCUT2D eigenvalue weighted by Crippen LogP contribution is 2.41. The maximum absolute atomic E-state index is 9.72. The molecule has 0 saturated heterocycles. The fourth-order valence-corrected chi connectivity index (χ4v) is 3.07. The second-order valence-electron chi connectivity index (χ2n) is 5.36. The van der Waals surface area contributed by atoms with Crippen molar-refractivity contribution in [2.24, 2.45) is 18.4 Å². The summed E-state index contributed by atoms with van der Waals surface area (Å²) in [7, 11) is 1.89. The molecule has 0 radical (unpaired) electrons. The molecule has 1 aromatic rings. The summed E-state index contributed by atoms with van der Waals surface area (Å²) >= 11 is 0. The highest BCUT2D eigenvalue weighted by Gasteiger charge is 2.39. The smallest absolute Gasteiger partial charge is 0.0521 e. The zero-order valence-corrected chi connectivity index (χ0v) is 10.5. The zero-order valence-electron chi connectivity index (χ0n) is 10.5. The maximum atomic E-state index is 9.72. The summed E-state index contributed by atoms with van der Waals surface area (Å²) in [6.07, 6.45) is 9.21. The summed E-state index contributed by atoms with van der Waals surface area (Å²) in [6, 6.07) is 0. The minimum atomic E-state index is -0.362. The van der Waals surface area contributed by atoms with E-state index in [4.69, 9.17) is 0 Å². The Bertz CT molecular complexity index is 352. The SMILES string of the molecule is Cn1cc(CC(CO)(CO)C2CCCC2)cn1. The number of aromatic nitrogens is 2. The van der Waals surface area contributed by atoms with Crippen molar-refractivity contribution >= 4 is 0 Å². The Kier molecular flexibility index (Phi) is 3.84. The monoisotopic (exact) mass is 238 g/mol. The van der Waals surface area contributed by atoms with Gasteiger partial charge in [-0.3, -0.25) is 4.68 Å². The number of hydrogen-bond acceptors (Lipinski definition) is 3. The van der Waals surface area contributed by atoms with Gasteiger partial charge in [0, 0.05) is 18.7 Å². The van der Waals surface area contributed by atoms with Crippen LogP contribution in [0.5, 0.6) is 0 Å². The first-order valence-electron chi connectivity index (χ1n) is 6.39. The van der Waals surface area contributed by atoms with Crippen LogP contribution in [0.25, 0.3) is 0 Å². The van der Waals surface area contributed by atoms with Crippen LogP contribution in [-0.4, -0.2) is 33.2 Å². The molecule has 0 aromatic carbocycles. The largest absolute Gasteiger partial charge is 0.396 e. The van der Waals surface area contributed by atoms with Gasteiger partial charge in [0.05, 0.1) is 19.4 Å². The molecule has 1 heterocycles. The van der Waals surface area contributed by atoms with E-state index in [2.05, 4.69) is 5.10 Å². The molecule has 2 rings (SSSR count). The van der Waals surface area contributed by atoms with E-state index < -0.39 is 0 Å². The predicted molar refractivity (Wildman–Crippen MR) is 65.5 cm³/mol. The molecule has 1 saturated carbocycles. The summed E-state index contributed by atoms with van der Waals surface area (Å²) in [4.78, 5) is 0. The van der Waals surface area contributed by atoms with Gasteiger partial charge in [-0.25, -0.2) is 0 Å². The molecule has 0 atom stereocenters. The molecule has 0 spiro atoms. The standard InChI is InChI=1S/C13H22N2O2/c1-15-8-11(7-14-15)6-13(9-16,10-17)12-4-2-3-5-12/h7-8,12,16-17H,2-6,9-10H2,1H3. The van der Waals surface area contributed by atoms with E-state index >= 15 is 0 Å². The number of aliphatic hydroxyl groups excluding tert-OH is 2. The molecule has 1 fully saturated rings. The number of rotatable bonds is 5. The Morgan fingerprint density at radius 2 is 2.00 bits per heavy atom. The van der Waals surface area contributed by atoms with Gasteiger partial charge < -0.3 is 10.2 Å². The second kappa shape index (κ2) is 5.19. The molecular formula is C13H22N2O2. The molecule has 96 valence electrons. The highest BCUT2D eigenvalue weighted by molar-refractivity contribution is 5.09. The summed E-state index contributed by atoms with van der Waals surface area (Å²) < 4.78 is 1.77. The van der Waals surface area contributed by atoms with E-state index in [1.807, 2.05) is 19.4 Å². The fraction of sp³-hybridized carbons (Fsp3) is 0.769. The molecule has 4 nitrogen and oxygen atoms in total. The zero-order chi connectivity index (χ0) is 12.3. The van der Waals surface area contributed by atoms with Gasteiger partial charge >= 0.3 is 0 Å². The van der Waals surface area contributed by atoms with Gasteiger partial charge in [0.1, 0.15) is 0 Å². The van der Waals surface area contributed by atoms with Gasteiger partial charge in [0.2, 0.25) is 0 Å². The van der Waals surface area contributed by atoms with Crippen LogP contribution in [0.1, 0.15) is 31.2 Å². The van der Waals surface area contributed by atoms with Crippen LogP contribution in [0.2, 0.25) is 0 Å². The van der Waals surface area contributed by atoms with Crippen molar-refractivity contribution in [2.75, 3.05) is 13.2 Å². The maximum Gasteiger partial charge on any atom is 0.0521 e. The second-order valence-corrected chi connectivity index (χ2v) is 5.36. The van der Waals surface area contributed by atoms with Crippen LogP contribution >= 0.6 is 0 Å². The molecule has 1 aromatic heterocycles. The number of hydrogen-bond donors (Lipinski definition) is 2. The van der Waals surface area contributed by atoms with Gasteiger partial charge in [-0.1, -0.05) is 12.8 Å². The molecule has 2 N–H and O–H groups in total. The molecule has 0 bridgehead atoms. The minimum absolute atomic E-state index is 0.0586. The summed E-state index contributed by atoms with van der Waals surface area (Å²) in [5, 5.41) is 23.6. The van der Waals surface area contributed by atoms with Crippen molar-refractivity contribution in [1.82, 2.24) is 9.78 Å². The molecular weight excluding hydrogens is 216 g/mol. The summed E-state index contributed by atoms with van der Waals surface area (Å²) in [5.74, 6) is 0.442. The fourth-order valence-electron chi connectivity index (χ4n) is 3.07. The topological polar surface area (TPSA) is 58.3 Å².